The molecule has 0 bridgehead atoms. The molecule has 257 valence electrons. The van der Waals surface area contributed by atoms with E-state index < -0.39 is 8.07 Å². The Morgan fingerprint density at radius 1 is 0.780 bits per heavy atom. The maximum Gasteiger partial charge on any atom is 0.124 e. The molecule has 3 heterocycles. The number of aromatic nitrogens is 2. The van der Waals surface area contributed by atoms with E-state index in [4.69, 9.17) is 4.42 Å². The number of aryl methyl sites for hydroxylation is 1. The zero-order chi connectivity index (χ0) is 34.9. The van der Waals surface area contributed by atoms with E-state index in [1.165, 1.54) is 27.4 Å². The van der Waals surface area contributed by atoms with Gasteiger partial charge in [0.25, 0.3) is 0 Å². The molecule has 0 atom stereocenters. The molecule has 4 aromatic carbocycles. The number of nitrogens with zero attached hydrogens (tertiary/aromatic N) is 2. The van der Waals surface area contributed by atoms with Crippen LogP contribution >= 0.6 is 0 Å². The Morgan fingerprint density at radius 2 is 1.50 bits per heavy atom. The SMILES string of the molecule is CC(C)c1cc(-c2[c-]cccc2)ncc1[Si](C)(C)C.Cc1ccc(-c2ccccc2)c2c1oc1c[c-]c(-c3cc(C(C)(C)C)ccn3)cc12.[Ir]. The Bertz CT molecular complexity index is 2230. The number of furan rings is 1. The standard InChI is InChI=1S/C28H24NO.C17H22NSi.Ir/c1-18-10-12-22(19-8-6-5-7-9-19)26-23-16-20(11-13-25(23)30-27(18)26)24-17-21(14-15-29-24)28(2,3)4;1-13(2)15-11-16(14-9-7-6-8-10-14)18-12-17(15)19(3,4)5;/h5-10,12-17H,1-4H3;6-9,11-13H,1-5H3;/q2*-1;. The summed E-state index contributed by atoms with van der Waals surface area (Å²) in [6.07, 6.45) is 3.98. The maximum absolute atomic E-state index is 6.26. The first-order valence-corrected chi connectivity index (χ1v) is 20.7. The van der Waals surface area contributed by atoms with E-state index in [1.54, 1.807) is 0 Å². The molecular weight excluding hydrogens is 805 g/mol. The van der Waals surface area contributed by atoms with Crippen molar-refractivity contribution in [3.8, 4) is 33.6 Å². The summed E-state index contributed by atoms with van der Waals surface area (Å²) in [5.74, 6) is 0.534. The number of pyridine rings is 2. The number of benzene rings is 4. The van der Waals surface area contributed by atoms with Gasteiger partial charge in [-0.15, -0.1) is 59.7 Å². The summed E-state index contributed by atoms with van der Waals surface area (Å²) in [6.45, 7) is 20.4. The minimum Gasteiger partial charge on any atom is -0.500 e. The zero-order valence-electron chi connectivity index (χ0n) is 30.6. The smallest absolute Gasteiger partial charge is 0.124 e. The van der Waals surface area contributed by atoms with E-state index in [2.05, 4.69) is 156 Å². The first kappa shape index (κ1) is 37.1. The monoisotopic (exact) mass is 851 g/mol. The van der Waals surface area contributed by atoms with Crippen LogP contribution in [0.3, 0.4) is 0 Å². The molecule has 0 aliphatic rings. The van der Waals surface area contributed by atoms with Crippen LogP contribution in [0.5, 0.6) is 0 Å². The third-order valence-corrected chi connectivity index (χ3v) is 11.1. The molecule has 7 aromatic rings. The Hall–Kier alpha value is -4.15. The topological polar surface area (TPSA) is 38.9 Å². The molecule has 0 spiro atoms. The average molecular weight is 851 g/mol. The van der Waals surface area contributed by atoms with Gasteiger partial charge >= 0.3 is 0 Å². The van der Waals surface area contributed by atoms with Crippen LogP contribution in [0.1, 0.15) is 57.2 Å². The van der Waals surface area contributed by atoms with Gasteiger partial charge < -0.3 is 14.4 Å². The van der Waals surface area contributed by atoms with E-state index in [0.717, 1.165) is 50.0 Å². The molecule has 5 heteroatoms. The van der Waals surface area contributed by atoms with Gasteiger partial charge in [0.2, 0.25) is 0 Å². The first-order chi connectivity index (χ1) is 23.3. The van der Waals surface area contributed by atoms with Crippen LogP contribution in [-0.4, -0.2) is 18.0 Å². The van der Waals surface area contributed by atoms with E-state index in [1.807, 2.05) is 36.5 Å². The van der Waals surface area contributed by atoms with Crippen molar-refractivity contribution in [1.29, 1.82) is 0 Å². The van der Waals surface area contributed by atoms with Gasteiger partial charge in [-0.2, -0.15) is 0 Å². The molecule has 3 nitrogen and oxygen atoms in total. The summed E-state index contributed by atoms with van der Waals surface area (Å²) in [4.78, 5) is 9.29. The predicted molar refractivity (Wildman–Crippen MR) is 210 cm³/mol. The number of hydrogen-bond acceptors (Lipinski definition) is 3. The van der Waals surface area contributed by atoms with Crippen LogP contribution in [0.4, 0.5) is 0 Å². The summed E-state index contributed by atoms with van der Waals surface area (Å²) in [6, 6.07) is 40.1. The van der Waals surface area contributed by atoms with Crippen LogP contribution in [0.2, 0.25) is 19.6 Å². The van der Waals surface area contributed by atoms with Gasteiger partial charge in [-0.1, -0.05) is 120 Å². The molecular formula is C45H46IrN2OSi-2. The van der Waals surface area contributed by atoms with Gasteiger partial charge in [-0.05, 0) is 63.2 Å². The normalized spacial score (nSPS) is 11.7. The molecule has 0 aliphatic heterocycles. The van der Waals surface area contributed by atoms with Crippen LogP contribution in [0.15, 0.2) is 114 Å². The molecule has 0 N–H and O–H groups in total. The Morgan fingerprint density at radius 3 is 2.16 bits per heavy atom. The fourth-order valence-corrected chi connectivity index (χ4v) is 7.96. The third-order valence-electron chi connectivity index (χ3n) is 9.09. The van der Waals surface area contributed by atoms with Crippen molar-refractivity contribution in [1.82, 2.24) is 9.97 Å². The van der Waals surface area contributed by atoms with Gasteiger partial charge in [0.05, 0.1) is 13.7 Å². The molecule has 1 radical (unpaired) electrons. The van der Waals surface area contributed by atoms with E-state index >= 15 is 0 Å². The molecule has 3 aromatic heterocycles. The van der Waals surface area contributed by atoms with E-state index in [-0.39, 0.29) is 25.5 Å². The van der Waals surface area contributed by atoms with E-state index in [0.29, 0.717) is 5.92 Å². The summed E-state index contributed by atoms with van der Waals surface area (Å²) in [5, 5.41) is 3.73. The summed E-state index contributed by atoms with van der Waals surface area (Å²) >= 11 is 0. The Kier molecular flexibility index (Phi) is 11.1. The van der Waals surface area contributed by atoms with Crippen LogP contribution in [0, 0.1) is 19.1 Å². The predicted octanol–water partition coefficient (Wildman–Crippen LogP) is 11.9. The third kappa shape index (κ3) is 7.91. The van der Waals surface area contributed by atoms with Crippen molar-refractivity contribution in [2.45, 2.75) is 72.5 Å². The minimum atomic E-state index is -1.34. The first-order valence-electron chi connectivity index (χ1n) is 17.2. The second kappa shape index (κ2) is 15.0. The van der Waals surface area contributed by atoms with Crippen molar-refractivity contribution in [3.63, 3.8) is 0 Å². The molecule has 0 aliphatic carbocycles. The van der Waals surface area contributed by atoms with Crippen molar-refractivity contribution >= 4 is 35.2 Å². The average Bonchev–Trinajstić information content (AvgIpc) is 3.48. The number of hydrogen-bond donors (Lipinski definition) is 0. The van der Waals surface area contributed by atoms with Crippen LogP contribution in [-0.2, 0) is 25.5 Å². The van der Waals surface area contributed by atoms with Gasteiger partial charge in [-0.3, -0.25) is 0 Å². The Labute approximate surface area is 312 Å². The van der Waals surface area contributed by atoms with Crippen LogP contribution < -0.4 is 5.19 Å². The molecule has 0 fully saturated rings. The van der Waals surface area contributed by atoms with Gasteiger partial charge in [0.15, 0.2) is 0 Å². The second-order valence-corrected chi connectivity index (χ2v) is 20.3. The van der Waals surface area contributed by atoms with Crippen molar-refractivity contribution in [2.75, 3.05) is 0 Å². The fraction of sp³-hybridized carbons (Fsp3) is 0.244. The summed E-state index contributed by atoms with van der Waals surface area (Å²) < 4.78 is 6.26. The zero-order valence-corrected chi connectivity index (χ0v) is 34.0. The molecule has 0 amide bonds. The molecule has 0 saturated carbocycles. The fourth-order valence-electron chi connectivity index (χ4n) is 6.28. The molecule has 0 unspecified atom stereocenters. The van der Waals surface area contributed by atoms with E-state index in [9.17, 15) is 0 Å². The summed E-state index contributed by atoms with van der Waals surface area (Å²) in [5.41, 5.74) is 12.1. The van der Waals surface area contributed by atoms with Gasteiger partial charge in [-0.25, -0.2) is 0 Å². The molecule has 0 saturated heterocycles. The van der Waals surface area contributed by atoms with Gasteiger partial charge in [0.1, 0.15) is 5.58 Å². The number of fused-ring (bicyclic) bond motifs is 3. The molecule has 7 rings (SSSR count). The largest absolute Gasteiger partial charge is 0.500 e. The van der Waals surface area contributed by atoms with Crippen LogP contribution in [0.25, 0.3) is 55.6 Å². The van der Waals surface area contributed by atoms with Crippen molar-refractivity contribution in [3.05, 3.63) is 138 Å². The maximum atomic E-state index is 6.26. The summed E-state index contributed by atoms with van der Waals surface area (Å²) in [7, 11) is -1.34. The Balaban J connectivity index is 0.000000211. The molecule has 50 heavy (non-hydrogen) atoms. The minimum absolute atomic E-state index is 0. The second-order valence-electron chi connectivity index (χ2n) is 15.2. The quantitative estimate of drug-likeness (QED) is 0.128. The van der Waals surface area contributed by atoms with Crippen molar-refractivity contribution < 1.29 is 24.5 Å². The van der Waals surface area contributed by atoms with Gasteiger partial charge in [0, 0.05) is 37.9 Å². The number of rotatable bonds is 5. The van der Waals surface area contributed by atoms with Crippen molar-refractivity contribution in [2.24, 2.45) is 0 Å².